The molecule has 4 fully saturated rings. The number of hydrogen-bond donors (Lipinski definition) is 0. The minimum absolute atomic E-state index is 0.0717. The van der Waals surface area contributed by atoms with Crippen molar-refractivity contribution in [1.29, 1.82) is 0 Å². The summed E-state index contributed by atoms with van der Waals surface area (Å²) in [5, 5.41) is 4.79. The average molecular weight is 701 g/mol. The second-order valence-electron chi connectivity index (χ2n) is 19.2. The molecule has 4 aliphatic carbocycles. The van der Waals surface area contributed by atoms with Gasteiger partial charge in [0.2, 0.25) is 0 Å². The van der Waals surface area contributed by atoms with Gasteiger partial charge in [0.25, 0.3) is 0 Å². The van der Waals surface area contributed by atoms with Crippen molar-refractivity contribution in [3.63, 3.8) is 0 Å². The van der Waals surface area contributed by atoms with Crippen molar-refractivity contribution in [3.8, 4) is 23.0 Å². The van der Waals surface area contributed by atoms with Crippen LogP contribution in [0.2, 0.25) is 0 Å². The van der Waals surface area contributed by atoms with Gasteiger partial charge in [-0.25, -0.2) is 0 Å². The molecule has 4 aliphatic rings. The van der Waals surface area contributed by atoms with E-state index in [2.05, 4.69) is 176 Å². The molecule has 6 aromatic carbocycles. The molecule has 272 valence electrons. The van der Waals surface area contributed by atoms with E-state index in [1.807, 2.05) is 0 Å². The molecule has 0 amide bonds. The lowest BCUT2D eigenvalue weighted by Gasteiger charge is -2.62. The Kier molecular flexibility index (Phi) is 8.96. The molecule has 53 heavy (non-hydrogen) atoms. The summed E-state index contributed by atoms with van der Waals surface area (Å²) in [6.07, 6.45) is 7.88. The van der Waals surface area contributed by atoms with Crippen LogP contribution in [-0.4, -0.2) is 0 Å². The molecule has 2 heteroatoms. The maximum Gasteiger partial charge on any atom is 0.135 e. The maximum atomic E-state index is 6.59. The Bertz CT molecular complexity index is 2200. The van der Waals surface area contributed by atoms with Crippen LogP contribution >= 0.6 is 0 Å². The van der Waals surface area contributed by atoms with Crippen LogP contribution < -0.4 is 9.47 Å². The standard InChI is InChI=1S/C46H44O2.C5H12/c1-44(2,3)41-23-24-43(40-13-7-6-12-39(40)41)48-37-21-17-35(18-22-37)46-28-31-25-32(29-46)27-45(26-31,30-46)34-15-19-36(20-16-34)47-42-14-8-10-33-9-4-5-11-38(33)42;1-5(2,3)4/h4-24,31-32H,25-30H2,1-3H3;1-4H3. The zero-order chi connectivity index (χ0) is 37.0. The normalized spacial score (nSPS) is 23.5. The van der Waals surface area contributed by atoms with Crippen molar-refractivity contribution in [1.82, 2.24) is 0 Å². The number of benzene rings is 6. The predicted molar refractivity (Wildman–Crippen MR) is 223 cm³/mol. The summed E-state index contributed by atoms with van der Waals surface area (Å²) < 4.78 is 13.0. The second-order valence-corrected chi connectivity index (χ2v) is 19.2. The molecule has 0 heterocycles. The van der Waals surface area contributed by atoms with Gasteiger partial charge in [0, 0.05) is 10.8 Å². The Hall–Kier alpha value is -4.56. The lowest BCUT2D eigenvalue weighted by Crippen LogP contribution is -2.55. The highest BCUT2D eigenvalue weighted by atomic mass is 16.5. The minimum atomic E-state index is 0.0717. The van der Waals surface area contributed by atoms with Gasteiger partial charge in [-0.05, 0) is 136 Å². The Morgan fingerprint density at radius 3 is 1.45 bits per heavy atom. The van der Waals surface area contributed by atoms with Crippen LogP contribution in [-0.2, 0) is 16.2 Å². The number of rotatable bonds is 6. The van der Waals surface area contributed by atoms with E-state index in [9.17, 15) is 0 Å². The largest absolute Gasteiger partial charge is 0.457 e. The van der Waals surface area contributed by atoms with E-state index < -0.39 is 0 Å². The third-order valence-corrected chi connectivity index (χ3v) is 11.9. The molecule has 6 aromatic rings. The van der Waals surface area contributed by atoms with Crippen LogP contribution in [0.5, 0.6) is 23.0 Å². The fourth-order valence-corrected chi connectivity index (χ4v) is 10.2. The zero-order valence-electron chi connectivity index (χ0n) is 32.8. The molecule has 0 aliphatic heterocycles. The topological polar surface area (TPSA) is 18.5 Å². The van der Waals surface area contributed by atoms with Gasteiger partial charge in [-0.2, -0.15) is 0 Å². The Morgan fingerprint density at radius 1 is 0.472 bits per heavy atom. The van der Waals surface area contributed by atoms with Crippen molar-refractivity contribution in [2.45, 2.75) is 103 Å². The second kappa shape index (κ2) is 13.4. The van der Waals surface area contributed by atoms with Crippen molar-refractivity contribution in [3.05, 3.63) is 144 Å². The maximum absolute atomic E-state index is 6.59. The fourth-order valence-electron chi connectivity index (χ4n) is 10.2. The lowest BCUT2D eigenvalue weighted by molar-refractivity contribution is -0.0281. The van der Waals surface area contributed by atoms with Crippen LogP contribution in [0.1, 0.15) is 104 Å². The van der Waals surface area contributed by atoms with Gasteiger partial charge in [-0.1, -0.05) is 139 Å². The van der Waals surface area contributed by atoms with Crippen LogP contribution in [0.25, 0.3) is 21.5 Å². The van der Waals surface area contributed by atoms with E-state index in [1.165, 1.54) is 71.4 Å². The molecule has 4 saturated carbocycles. The first-order chi connectivity index (χ1) is 25.3. The molecule has 4 bridgehead atoms. The van der Waals surface area contributed by atoms with Crippen molar-refractivity contribution < 1.29 is 9.47 Å². The summed E-state index contributed by atoms with van der Waals surface area (Å²) >= 11 is 0. The number of hydrogen-bond acceptors (Lipinski definition) is 2. The summed E-state index contributed by atoms with van der Waals surface area (Å²) in [6.45, 7) is 15.6. The smallest absolute Gasteiger partial charge is 0.135 e. The summed E-state index contributed by atoms with van der Waals surface area (Å²) in [4.78, 5) is 0. The Labute approximate surface area is 317 Å². The fraction of sp³-hybridized carbons (Fsp3) is 0.373. The van der Waals surface area contributed by atoms with E-state index in [0.717, 1.165) is 40.2 Å². The first-order valence-corrected chi connectivity index (χ1v) is 19.8. The van der Waals surface area contributed by atoms with Gasteiger partial charge in [0.15, 0.2) is 0 Å². The van der Waals surface area contributed by atoms with Gasteiger partial charge in [-0.3, -0.25) is 0 Å². The number of ether oxygens (including phenoxy) is 2. The quantitative estimate of drug-likeness (QED) is 0.172. The first-order valence-electron chi connectivity index (χ1n) is 19.8. The monoisotopic (exact) mass is 700 g/mol. The van der Waals surface area contributed by atoms with Crippen LogP contribution in [0.3, 0.4) is 0 Å². The molecule has 0 aromatic heterocycles. The van der Waals surface area contributed by atoms with Gasteiger partial charge in [0.1, 0.15) is 23.0 Å². The molecule has 0 radical (unpaired) electrons. The molecular formula is C51H56O2. The first kappa shape index (κ1) is 35.5. The summed E-state index contributed by atoms with van der Waals surface area (Å²) in [7, 11) is 0. The van der Waals surface area contributed by atoms with Crippen LogP contribution in [0.4, 0.5) is 0 Å². The number of fused-ring (bicyclic) bond motifs is 2. The molecule has 10 rings (SSSR count). The molecule has 2 nitrogen and oxygen atoms in total. The molecular weight excluding hydrogens is 645 g/mol. The Morgan fingerprint density at radius 2 is 0.925 bits per heavy atom. The Balaban J connectivity index is 0.000000752. The lowest BCUT2D eigenvalue weighted by atomic mass is 9.42. The van der Waals surface area contributed by atoms with Crippen molar-refractivity contribution in [2.75, 3.05) is 0 Å². The molecule has 0 spiro atoms. The van der Waals surface area contributed by atoms with Gasteiger partial charge >= 0.3 is 0 Å². The van der Waals surface area contributed by atoms with Gasteiger partial charge in [0.05, 0.1) is 0 Å². The average Bonchev–Trinajstić information content (AvgIpc) is 3.11. The summed E-state index contributed by atoms with van der Waals surface area (Å²) in [5.74, 6) is 5.24. The van der Waals surface area contributed by atoms with Gasteiger partial charge in [-0.15, -0.1) is 0 Å². The molecule has 2 unspecified atom stereocenters. The summed E-state index contributed by atoms with van der Waals surface area (Å²) in [5.41, 5.74) is 5.40. The van der Waals surface area contributed by atoms with E-state index >= 15 is 0 Å². The van der Waals surface area contributed by atoms with E-state index in [4.69, 9.17) is 9.47 Å². The van der Waals surface area contributed by atoms with E-state index in [1.54, 1.807) is 0 Å². The third-order valence-electron chi connectivity index (χ3n) is 11.9. The molecule has 0 saturated heterocycles. The van der Waals surface area contributed by atoms with Crippen LogP contribution in [0.15, 0.2) is 127 Å². The van der Waals surface area contributed by atoms with Gasteiger partial charge < -0.3 is 9.47 Å². The SMILES string of the molecule is CC(C)(C)C.CC(C)(C)c1ccc(Oc2ccc(C34CC5CC(CC(c6ccc(Oc7cccc8ccccc78)cc6)(C5)C3)C4)cc2)c2ccccc12. The van der Waals surface area contributed by atoms with Crippen molar-refractivity contribution in [2.24, 2.45) is 17.3 Å². The van der Waals surface area contributed by atoms with Crippen molar-refractivity contribution >= 4 is 21.5 Å². The third kappa shape index (κ3) is 7.22. The summed E-state index contributed by atoms with van der Waals surface area (Å²) in [6, 6.07) is 46.1. The van der Waals surface area contributed by atoms with Crippen LogP contribution in [0, 0.1) is 17.3 Å². The highest BCUT2D eigenvalue weighted by Crippen LogP contribution is 2.66. The molecule has 0 N–H and O–H groups in total. The van der Waals surface area contributed by atoms with E-state index in [0.29, 0.717) is 5.41 Å². The molecule has 2 atom stereocenters. The highest BCUT2D eigenvalue weighted by molar-refractivity contribution is 5.92. The highest BCUT2D eigenvalue weighted by Gasteiger charge is 2.58. The zero-order valence-corrected chi connectivity index (χ0v) is 32.8. The predicted octanol–water partition coefficient (Wildman–Crippen LogP) is 14.7. The van der Waals surface area contributed by atoms with E-state index in [-0.39, 0.29) is 16.2 Å². The minimum Gasteiger partial charge on any atom is -0.457 e.